The molecule has 1 unspecified atom stereocenters. The van der Waals surface area contributed by atoms with Gasteiger partial charge in [0, 0.05) is 39.1 Å². The first-order chi connectivity index (χ1) is 18.0. The number of hydrogen-bond acceptors (Lipinski definition) is 7. The molecular weight excluding hydrogens is 488 g/mol. The minimum absolute atomic E-state index is 0.107. The van der Waals surface area contributed by atoms with Gasteiger partial charge in [-0.1, -0.05) is 0 Å². The normalized spacial score (nSPS) is 23.2. The minimum Gasteiger partial charge on any atom is -0.444 e. The number of piperidine rings is 2. The van der Waals surface area contributed by atoms with Gasteiger partial charge < -0.3 is 14.5 Å². The fraction of sp³-hybridized carbons (Fsp3) is 0.607. The molecule has 1 N–H and O–H groups in total. The quantitative estimate of drug-likeness (QED) is 0.602. The average molecular weight is 525 g/mol. The molecule has 4 aliphatic rings. The SMILES string of the molecule is CC(C)(C)OC(=O)N1CCC(CN2CCc3cc4c(cc3CC2)C(=O)N(C2CCC(=O)NC2=O)C4=O)CC1. The third-order valence-corrected chi connectivity index (χ3v) is 7.94. The number of benzene rings is 1. The number of fused-ring (bicyclic) bond motifs is 2. The summed E-state index contributed by atoms with van der Waals surface area (Å²) in [6.07, 6.45) is 3.46. The fourth-order valence-corrected chi connectivity index (χ4v) is 5.91. The Hall–Kier alpha value is -3.27. The molecule has 10 heteroatoms. The Labute approximate surface area is 222 Å². The Bertz CT molecular complexity index is 1130. The van der Waals surface area contributed by atoms with Gasteiger partial charge in [-0.25, -0.2) is 4.79 Å². The fourth-order valence-electron chi connectivity index (χ4n) is 5.91. The molecule has 0 spiro atoms. The van der Waals surface area contributed by atoms with Crippen molar-refractivity contribution >= 4 is 29.7 Å². The van der Waals surface area contributed by atoms with E-state index in [4.69, 9.17) is 4.74 Å². The van der Waals surface area contributed by atoms with Gasteiger partial charge in [0.1, 0.15) is 11.6 Å². The lowest BCUT2D eigenvalue weighted by molar-refractivity contribution is -0.136. The molecule has 0 saturated carbocycles. The van der Waals surface area contributed by atoms with Crippen LogP contribution in [0.3, 0.4) is 0 Å². The van der Waals surface area contributed by atoms with E-state index >= 15 is 0 Å². The van der Waals surface area contributed by atoms with Crippen LogP contribution in [0.1, 0.15) is 78.3 Å². The number of hydrogen-bond donors (Lipinski definition) is 1. The second-order valence-corrected chi connectivity index (χ2v) is 11.8. The molecule has 38 heavy (non-hydrogen) atoms. The summed E-state index contributed by atoms with van der Waals surface area (Å²) in [5.41, 5.74) is 2.34. The molecule has 1 atom stereocenters. The molecule has 0 aliphatic carbocycles. The number of amides is 5. The number of imide groups is 2. The van der Waals surface area contributed by atoms with Crippen molar-refractivity contribution in [3.63, 3.8) is 0 Å². The van der Waals surface area contributed by atoms with Crippen molar-refractivity contribution in [1.29, 1.82) is 0 Å². The van der Waals surface area contributed by atoms with Crippen molar-refractivity contribution in [3.8, 4) is 0 Å². The molecular formula is C28H36N4O6. The molecule has 2 saturated heterocycles. The monoisotopic (exact) mass is 524 g/mol. The van der Waals surface area contributed by atoms with Crippen LogP contribution in [0.15, 0.2) is 12.1 Å². The van der Waals surface area contributed by atoms with Gasteiger partial charge in [-0.3, -0.25) is 29.4 Å². The first-order valence-corrected chi connectivity index (χ1v) is 13.6. The van der Waals surface area contributed by atoms with Crippen molar-refractivity contribution in [2.75, 3.05) is 32.7 Å². The number of carbonyl (C=O) groups excluding carboxylic acids is 5. The summed E-state index contributed by atoms with van der Waals surface area (Å²) < 4.78 is 5.51. The summed E-state index contributed by atoms with van der Waals surface area (Å²) in [6, 6.07) is 2.72. The maximum atomic E-state index is 13.2. The number of carbonyl (C=O) groups is 5. The zero-order valence-corrected chi connectivity index (χ0v) is 22.4. The van der Waals surface area contributed by atoms with Crippen molar-refractivity contribution in [2.24, 2.45) is 5.92 Å². The van der Waals surface area contributed by atoms with Crippen molar-refractivity contribution in [1.82, 2.24) is 20.0 Å². The van der Waals surface area contributed by atoms with E-state index < -0.39 is 29.4 Å². The summed E-state index contributed by atoms with van der Waals surface area (Å²) in [5, 5.41) is 2.24. The van der Waals surface area contributed by atoms with Gasteiger partial charge in [-0.15, -0.1) is 0 Å². The van der Waals surface area contributed by atoms with Crippen LogP contribution in [-0.2, 0) is 27.2 Å². The standard InChI is InChI=1S/C28H36N4O6/c1-28(2,3)38-27(37)31-12-6-17(7-13-31)16-30-10-8-18-14-20-21(15-19(18)9-11-30)26(36)32(25(20)35)22-4-5-23(33)29-24(22)34/h14-15,17,22H,4-13,16H2,1-3H3,(H,29,33,34). The van der Waals surface area contributed by atoms with E-state index in [2.05, 4.69) is 10.2 Å². The second-order valence-electron chi connectivity index (χ2n) is 11.8. The number of rotatable bonds is 3. The second kappa shape index (κ2) is 10.1. The van der Waals surface area contributed by atoms with E-state index in [0.717, 1.165) is 61.3 Å². The zero-order chi connectivity index (χ0) is 27.2. The molecule has 4 heterocycles. The Morgan fingerprint density at radius 2 is 1.47 bits per heavy atom. The molecule has 1 aromatic carbocycles. The lowest BCUT2D eigenvalue weighted by Crippen LogP contribution is -2.54. The van der Waals surface area contributed by atoms with Crippen LogP contribution in [0.25, 0.3) is 0 Å². The number of ether oxygens (including phenoxy) is 1. The molecule has 0 aromatic heterocycles. The Morgan fingerprint density at radius 1 is 0.895 bits per heavy atom. The predicted octanol–water partition coefficient (Wildman–Crippen LogP) is 2.14. The van der Waals surface area contributed by atoms with Crippen molar-refractivity contribution < 1.29 is 28.7 Å². The zero-order valence-electron chi connectivity index (χ0n) is 22.4. The van der Waals surface area contributed by atoms with Crippen LogP contribution in [-0.4, -0.2) is 88.8 Å². The van der Waals surface area contributed by atoms with Crippen molar-refractivity contribution in [2.45, 2.75) is 70.9 Å². The van der Waals surface area contributed by atoms with E-state index in [1.807, 2.05) is 32.9 Å². The Morgan fingerprint density at radius 3 is 2.00 bits per heavy atom. The Kier molecular flexibility index (Phi) is 7.02. The highest BCUT2D eigenvalue weighted by Gasteiger charge is 2.45. The van der Waals surface area contributed by atoms with Crippen LogP contribution >= 0.6 is 0 Å². The highest BCUT2D eigenvalue weighted by molar-refractivity contribution is 6.23. The maximum absolute atomic E-state index is 13.2. The minimum atomic E-state index is -0.947. The molecule has 204 valence electrons. The third kappa shape index (κ3) is 5.32. The van der Waals surface area contributed by atoms with Gasteiger partial charge in [-0.2, -0.15) is 0 Å². The van der Waals surface area contributed by atoms with Gasteiger partial charge >= 0.3 is 6.09 Å². The summed E-state index contributed by atoms with van der Waals surface area (Å²) in [5.74, 6) is -1.39. The predicted molar refractivity (Wildman–Crippen MR) is 137 cm³/mol. The average Bonchev–Trinajstić information content (AvgIpc) is 2.97. The Balaban J connectivity index is 1.19. The van der Waals surface area contributed by atoms with Crippen LogP contribution in [0.2, 0.25) is 0 Å². The number of nitrogens with zero attached hydrogens (tertiary/aromatic N) is 3. The molecule has 10 nitrogen and oxygen atoms in total. The topological polar surface area (TPSA) is 116 Å². The molecule has 1 aromatic rings. The first-order valence-electron chi connectivity index (χ1n) is 13.6. The number of likely N-dealkylation sites (tertiary alicyclic amines) is 1. The smallest absolute Gasteiger partial charge is 0.410 e. The van der Waals surface area contributed by atoms with Gasteiger partial charge in [0.15, 0.2) is 0 Å². The van der Waals surface area contributed by atoms with E-state index in [1.165, 1.54) is 0 Å². The van der Waals surface area contributed by atoms with Crippen molar-refractivity contribution in [3.05, 3.63) is 34.4 Å². The molecule has 5 amide bonds. The highest BCUT2D eigenvalue weighted by atomic mass is 16.6. The summed E-state index contributed by atoms with van der Waals surface area (Å²) in [7, 11) is 0. The molecule has 4 aliphatic heterocycles. The third-order valence-electron chi connectivity index (χ3n) is 7.94. The van der Waals surface area contributed by atoms with Crippen LogP contribution in [0.4, 0.5) is 4.79 Å². The van der Waals surface area contributed by atoms with E-state index in [0.29, 0.717) is 30.1 Å². The maximum Gasteiger partial charge on any atom is 0.410 e. The van der Waals surface area contributed by atoms with E-state index in [9.17, 15) is 24.0 Å². The molecule has 0 bridgehead atoms. The lowest BCUT2D eigenvalue weighted by atomic mass is 9.96. The summed E-state index contributed by atoms with van der Waals surface area (Å²) in [4.78, 5) is 67.8. The summed E-state index contributed by atoms with van der Waals surface area (Å²) >= 11 is 0. The van der Waals surface area contributed by atoms with Crippen LogP contribution < -0.4 is 5.32 Å². The van der Waals surface area contributed by atoms with Crippen LogP contribution in [0.5, 0.6) is 0 Å². The number of nitrogens with one attached hydrogen (secondary N) is 1. The largest absolute Gasteiger partial charge is 0.444 e. The highest BCUT2D eigenvalue weighted by Crippen LogP contribution is 2.31. The summed E-state index contributed by atoms with van der Waals surface area (Å²) in [6.45, 7) is 9.71. The molecule has 0 radical (unpaired) electrons. The van der Waals surface area contributed by atoms with Gasteiger partial charge in [0.25, 0.3) is 11.8 Å². The molecule has 2 fully saturated rings. The van der Waals surface area contributed by atoms with Crippen LogP contribution in [0, 0.1) is 5.92 Å². The van der Waals surface area contributed by atoms with E-state index in [-0.39, 0.29) is 24.8 Å². The van der Waals surface area contributed by atoms with Gasteiger partial charge in [0.2, 0.25) is 11.8 Å². The van der Waals surface area contributed by atoms with E-state index in [1.54, 1.807) is 4.90 Å². The van der Waals surface area contributed by atoms with Gasteiger partial charge in [0.05, 0.1) is 11.1 Å². The lowest BCUT2D eigenvalue weighted by Gasteiger charge is -2.35. The first kappa shape index (κ1) is 26.3. The van der Waals surface area contributed by atoms with Gasteiger partial charge in [-0.05, 0) is 82.1 Å². The molecule has 5 rings (SSSR count).